The van der Waals surface area contributed by atoms with Crippen LogP contribution in [0, 0.1) is 0 Å². The van der Waals surface area contributed by atoms with Crippen LogP contribution in [-0.2, 0) is 6.18 Å². The average molecular weight is 397 g/mol. The van der Waals surface area contributed by atoms with Gasteiger partial charge < -0.3 is 14.4 Å². The Kier molecular flexibility index (Phi) is 7.48. The number of hydrogen-bond acceptors (Lipinski definition) is 5. The Morgan fingerprint density at radius 1 is 1.11 bits per heavy atom. The van der Waals surface area contributed by atoms with Crippen LogP contribution in [-0.4, -0.2) is 29.7 Å². The Balaban J connectivity index is 2.23. The van der Waals surface area contributed by atoms with E-state index in [1.54, 1.807) is 36.2 Å². The van der Waals surface area contributed by atoms with Crippen LogP contribution in [0.15, 0.2) is 30.5 Å². The standard InChI is InChI=1S/C20H26F3N3O2/c1-5-6-7-12-27-18-17(20(21,22)23)13-24-19(25-18)26(4)15-8-10-16(11-9-15)28-14(2)3/h8-11,13-14H,5-7,12H2,1-4H3. The molecule has 0 saturated heterocycles. The summed E-state index contributed by atoms with van der Waals surface area (Å²) in [5, 5.41) is 0. The maximum absolute atomic E-state index is 13.2. The molecule has 1 aromatic heterocycles. The van der Waals surface area contributed by atoms with Crippen LogP contribution < -0.4 is 14.4 Å². The van der Waals surface area contributed by atoms with Crippen molar-refractivity contribution in [2.24, 2.45) is 0 Å². The number of aromatic nitrogens is 2. The third-order valence-corrected chi connectivity index (χ3v) is 3.93. The van der Waals surface area contributed by atoms with Crippen LogP contribution in [0.5, 0.6) is 11.6 Å². The van der Waals surface area contributed by atoms with Crippen molar-refractivity contribution < 1.29 is 22.6 Å². The fourth-order valence-corrected chi connectivity index (χ4v) is 2.48. The smallest absolute Gasteiger partial charge is 0.423 e. The van der Waals surface area contributed by atoms with E-state index in [2.05, 4.69) is 9.97 Å². The Labute approximate surface area is 163 Å². The minimum Gasteiger partial charge on any atom is -0.491 e. The van der Waals surface area contributed by atoms with Crippen LogP contribution in [0.4, 0.5) is 24.8 Å². The van der Waals surface area contributed by atoms with Gasteiger partial charge in [0.05, 0.1) is 12.7 Å². The van der Waals surface area contributed by atoms with Gasteiger partial charge in [0.25, 0.3) is 0 Å². The molecular weight excluding hydrogens is 371 g/mol. The number of unbranched alkanes of at least 4 members (excludes halogenated alkanes) is 2. The fourth-order valence-electron chi connectivity index (χ4n) is 2.48. The summed E-state index contributed by atoms with van der Waals surface area (Å²) in [6.45, 7) is 6.05. The van der Waals surface area contributed by atoms with E-state index in [0.29, 0.717) is 17.9 Å². The van der Waals surface area contributed by atoms with Crippen LogP contribution in [0.1, 0.15) is 45.6 Å². The molecule has 0 bridgehead atoms. The second kappa shape index (κ2) is 9.61. The number of benzene rings is 1. The third-order valence-electron chi connectivity index (χ3n) is 3.93. The summed E-state index contributed by atoms with van der Waals surface area (Å²) in [7, 11) is 1.68. The minimum atomic E-state index is -4.58. The molecule has 154 valence electrons. The minimum absolute atomic E-state index is 0.0502. The average Bonchev–Trinajstić information content (AvgIpc) is 2.64. The first-order valence-electron chi connectivity index (χ1n) is 9.29. The molecule has 0 saturated carbocycles. The number of alkyl halides is 3. The summed E-state index contributed by atoms with van der Waals surface area (Å²) >= 11 is 0. The molecule has 0 atom stereocenters. The van der Waals surface area contributed by atoms with E-state index >= 15 is 0 Å². The summed E-state index contributed by atoms with van der Waals surface area (Å²) in [5.74, 6) is 0.386. The lowest BCUT2D eigenvalue weighted by Crippen LogP contribution is -2.17. The normalized spacial score (nSPS) is 11.6. The number of rotatable bonds is 9. The SMILES string of the molecule is CCCCCOc1nc(N(C)c2ccc(OC(C)C)cc2)ncc1C(F)(F)F. The van der Waals surface area contributed by atoms with Crippen LogP contribution in [0.25, 0.3) is 0 Å². The Morgan fingerprint density at radius 3 is 2.36 bits per heavy atom. The van der Waals surface area contributed by atoms with Crippen LogP contribution >= 0.6 is 0 Å². The lowest BCUT2D eigenvalue weighted by molar-refractivity contribution is -0.139. The molecule has 0 unspecified atom stereocenters. The highest BCUT2D eigenvalue weighted by molar-refractivity contribution is 5.58. The monoisotopic (exact) mass is 397 g/mol. The van der Waals surface area contributed by atoms with Gasteiger partial charge in [-0.15, -0.1) is 0 Å². The summed E-state index contributed by atoms with van der Waals surface area (Å²) in [6, 6.07) is 7.16. The number of ether oxygens (including phenoxy) is 2. The van der Waals surface area contributed by atoms with Crippen LogP contribution in [0.3, 0.4) is 0 Å². The molecule has 1 aromatic carbocycles. The summed E-state index contributed by atoms with van der Waals surface area (Å²) in [5.41, 5.74) is -0.255. The molecule has 0 radical (unpaired) electrons. The van der Waals surface area contributed by atoms with Gasteiger partial charge in [-0.1, -0.05) is 19.8 Å². The van der Waals surface area contributed by atoms with Gasteiger partial charge >= 0.3 is 6.18 Å². The summed E-state index contributed by atoms with van der Waals surface area (Å²) < 4.78 is 50.7. The molecular formula is C20H26F3N3O2. The molecule has 0 N–H and O–H groups in total. The summed E-state index contributed by atoms with van der Waals surface area (Å²) in [4.78, 5) is 9.50. The molecule has 8 heteroatoms. The van der Waals surface area contributed by atoms with E-state index in [0.717, 1.165) is 19.0 Å². The van der Waals surface area contributed by atoms with Crippen molar-refractivity contribution in [2.45, 2.75) is 52.3 Å². The van der Waals surface area contributed by atoms with E-state index in [-0.39, 0.29) is 18.7 Å². The molecule has 5 nitrogen and oxygen atoms in total. The zero-order valence-electron chi connectivity index (χ0n) is 16.6. The van der Waals surface area contributed by atoms with Crippen molar-refractivity contribution in [3.63, 3.8) is 0 Å². The van der Waals surface area contributed by atoms with E-state index in [1.807, 2.05) is 20.8 Å². The van der Waals surface area contributed by atoms with Crippen molar-refractivity contribution in [3.05, 3.63) is 36.0 Å². The molecule has 0 fully saturated rings. The Bertz CT molecular complexity index is 749. The van der Waals surface area contributed by atoms with Crippen molar-refractivity contribution >= 4 is 11.6 Å². The molecule has 28 heavy (non-hydrogen) atoms. The van der Waals surface area contributed by atoms with Gasteiger partial charge in [-0.25, -0.2) is 4.98 Å². The number of nitrogens with zero attached hydrogens (tertiary/aromatic N) is 3. The van der Waals surface area contributed by atoms with Gasteiger partial charge in [-0.2, -0.15) is 18.2 Å². The maximum atomic E-state index is 13.2. The van der Waals surface area contributed by atoms with Gasteiger partial charge in [0.2, 0.25) is 11.8 Å². The van der Waals surface area contributed by atoms with E-state index in [9.17, 15) is 13.2 Å². The lowest BCUT2D eigenvalue weighted by atomic mass is 10.2. The molecule has 1 heterocycles. The van der Waals surface area contributed by atoms with Crippen molar-refractivity contribution in [1.82, 2.24) is 9.97 Å². The molecule has 0 aliphatic rings. The predicted octanol–water partition coefficient (Wildman–Crippen LogP) is 5.62. The second-order valence-corrected chi connectivity index (χ2v) is 6.66. The van der Waals surface area contributed by atoms with Crippen molar-refractivity contribution in [1.29, 1.82) is 0 Å². The van der Waals surface area contributed by atoms with Gasteiger partial charge in [-0.05, 0) is 44.5 Å². The number of anilines is 2. The number of hydrogen-bond donors (Lipinski definition) is 0. The van der Waals surface area contributed by atoms with Gasteiger partial charge in [0.1, 0.15) is 11.3 Å². The number of halogens is 3. The van der Waals surface area contributed by atoms with Crippen LogP contribution in [0.2, 0.25) is 0 Å². The second-order valence-electron chi connectivity index (χ2n) is 6.66. The first-order chi connectivity index (χ1) is 13.2. The maximum Gasteiger partial charge on any atom is 0.423 e. The quantitative estimate of drug-likeness (QED) is 0.514. The molecule has 0 aliphatic carbocycles. The third kappa shape index (κ3) is 6.00. The molecule has 2 aromatic rings. The molecule has 0 spiro atoms. The summed E-state index contributed by atoms with van der Waals surface area (Å²) in [6.07, 6.45) is -1.26. The highest BCUT2D eigenvalue weighted by Gasteiger charge is 2.36. The molecule has 2 rings (SSSR count). The highest BCUT2D eigenvalue weighted by Crippen LogP contribution is 2.36. The zero-order valence-corrected chi connectivity index (χ0v) is 16.6. The predicted molar refractivity (Wildman–Crippen MR) is 102 cm³/mol. The van der Waals surface area contributed by atoms with E-state index in [4.69, 9.17) is 9.47 Å². The van der Waals surface area contributed by atoms with E-state index < -0.39 is 17.6 Å². The molecule has 0 aliphatic heterocycles. The van der Waals surface area contributed by atoms with Gasteiger partial charge in [-0.3, -0.25) is 0 Å². The van der Waals surface area contributed by atoms with Crippen molar-refractivity contribution in [3.8, 4) is 11.6 Å². The first-order valence-corrected chi connectivity index (χ1v) is 9.29. The lowest BCUT2D eigenvalue weighted by Gasteiger charge is -2.20. The Hall–Kier alpha value is -2.51. The largest absolute Gasteiger partial charge is 0.491 e. The molecule has 0 amide bonds. The fraction of sp³-hybridized carbons (Fsp3) is 0.500. The van der Waals surface area contributed by atoms with Gasteiger partial charge in [0, 0.05) is 18.9 Å². The highest BCUT2D eigenvalue weighted by atomic mass is 19.4. The van der Waals surface area contributed by atoms with E-state index in [1.165, 1.54) is 0 Å². The first kappa shape index (κ1) is 21.8. The zero-order chi connectivity index (χ0) is 20.7. The van der Waals surface area contributed by atoms with Crippen molar-refractivity contribution in [2.75, 3.05) is 18.6 Å². The Morgan fingerprint density at radius 2 is 1.79 bits per heavy atom. The topological polar surface area (TPSA) is 47.5 Å². The van der Waals surface area contributed by atoms with Gasteiger partial charge in [0.15, 0.2) is 0 Å².